The molecule has 0 saturated carbocycles. The summed E-state index contributed by atoms with van der Waals surface area (Å²) in [4.78, 5) is 21.4. The van der Waals surface area contributed by atoms with E-state index in [1.807, 2.05) is 29.2 Å². The first kappa shape index (κ1) is 25.1. The number of anilines is 1. The quantitative estimate of drug-likeness (QED) is 0.415. The van der Waals surface area contributed by atoms with Crippen LogP contribution < -0.4 is 14.4 Å². The van der Waals surface area contributed by atoms with Gasteiger partial charge < -0.3 is 19.3 Å². The number of carbonyl (C=O) groups is 1. The van der Waals surface area contributed by atoms with Gasteiger partial charge in [0.1, 0.15) is 11.5 Å². The predicted molar refractivity (Wildman–Crippen MR) is 143 cm³/mol. The molecule has 1 unspecified atom stereocenters. The second-order valence-electron chi connectivity index (χ2n) is 8.95. The largest absolute Gasteiger partial charge is 0.497 e. The van der Waals surface area contributed by atoms with Crippen LogP contribution in [0.1, 0.15) is 17.4 Å². The lowest BCUT2D eigenvalue weighted by atomic mass is 10.1. The summed E-state index contributed by atoms with van der Waals surface area (Å²) >= 11 is 1.78. The third-order valence-corrected chi connectivity index (χ3v) is 7.55. The molecule has 0 radical (unpaired) electrons. The highest BCUT2D eigenvalue weighted by Gasteiger charge is 2.25. The second-order valence-corrected chi connectivity index (χ2v) is 9.98. The van der Waals surface area contributed by atoms with Crippen LogP contribution in [0.4, 0.5) is 5.69 Å². The molecular weight excluding hydrogens is 458 g/mol. The molecule has 1 aliphatic heterocycles. The molecule has 6 nitrogen and oxygen atoms in total. The molecule has 1 aliphatic rings. The number of piperazine rings is 1. The van der Waals surface area contributed by atoms with Crippen molar-refractivity contribution in [1.82, 2.24) is 9.80 Å². The van der Waals surface area contributed by atoms with Gasteiger partial charge in [-0.15, -0.1) is 11.3 Å². The van der Waals surface area contributed by atoms with Crippen LogP contribution in [0, 0.1) is 0 Å². The number of benzene rings is 2. The Hall–Kier alpha value is -3.03. The lowest BCUT2D eigenvalue weighted by Gasteiger charge is -2.38. The summed E-state index contributed by atoms with van der Waals surface area (Å²) in [6, 6.07) is 20.8. The zero-order valence-electron chi connectivity index (χ0n) is 20.9. The van der Waals surface area contributed by atoms with Crippen LogP contribution in [0.3, 0.4) is 0 Å². The number of methoxy groups -OCH3 is 2. The summed E-state index contributed by atoms with van der Waals surface area (Å²) in [5, 5.41) is 2.11. The van der Waals surface area contributed by atoms with E-state index in [0.717, 1.165) is 50.6 Å². The van der Waals surface area contributed by atoms with Gasteiger partial charge in [0, 0.05) is 49.3 Å². The van der Waals surface area contributed by atoms with E-state index in [1.54, 1.807) is 25.6 Å². The van der Waals surface area contributed by atoms with Crippen molar-refractivity contribution in [2.24, 2.45) is 0 Å². The minimum atomic E-state index is 0.200. The molecule has 0 spiro atoms. The second kappa shape index (κ2) is 12.1. The molecule has 0 aliphatic carbocycles. The molecular formula is C28H35N3O3S. The average Bonchev–Trinajstić information content (AvgIpc) is 3.42. The summed E-state index contributed by atoms with van der Waals surface area (Å²) in [5.74, 6) is 1.90. The summed E-state index contributed by atoms with van der Waals surface area (Å²) < 4.78 is 10.6. The van der Waals surface area contributed by atoms with Crippen molar-refractivity contribution < 1.29 is 14.3 Å². The molecule has 1 aromatic heterocycles. The van der Waals surface area contributed by atoms with Gasteiger partial charge in [0.05, 0.1) is 20.8 Å². The van der Waals surface area contributed by atoms with Gasteiger partial charge in [-0.2, -0.15) is 0 Å². The topological polar surface area (TPSA) is 45.2 Å². The predicted octanol–water partition coefficient (Wildman–Crippen LogP) is 4.55. The average molecular weight is 494 g/mol. The summed E-state index contributed by atoms with van der Waals surface area (Å²) in [6.45, 7) is 6.51. The molecule has 35 heavy (non-hydrogen) atoms. The Bertz CT molecular complexity index is 1050. The van der Waals surface area contributed by atoms with E-state index in [-0.39, 0.29) is 11.9 Å². The maximum absolute atomic E-state index is 13.4. The Morgan fingerprint density at radius 1 is 0.943 bits per heavy atom. The molecule has 1 amide bonds. The first-order valence-corrected chi connectivity index (χ1v) is 13.0. The Morgan fingerprint density at radius 3 is 2.14 bits per heavy atom. The van der Waals surface area contributed by atoms with Gasteiger partial charge in [0.2, 0.25) is 5.91 Å². The van der Waals surface area contributed by atoms with E-state index in [4.69, 9.17) is 9.47 Å². The lowest BCUT2D eigenvalue weighted by Crippen LogP contribution is -2.52. The minimum absolute atomic E-state index is 0.200. The van der Waals surface area contributed by atoms with Crippen molar-refractivity contribution in [3.05, 3.63) is 76.5 Å². The molecule has 0 bridgehead atoms. The highest BCUT2D eigenvalue weighted by molar-refractivity contribution is 7.09. The highest BCUT2D eigenvalue weighted by Crippen LogP contribution is 2.22. The van der Waals surface area contributed by atoms with Gasteiger partial charge in [0.15, 0.2) is 0 Å². The number of rotatable bonds is 10. The number of ether oxygens (including phenoxy) is 2. The van der Waals surface area contributed by atoms with Crippen molar-refractivity contribution in [3.8, 4) is 11.5 Å². The zero-order chi connectivity index (χ0) is 24.6. The van der Waals surface area contributed by atoms with E-state index in [9.17, 15) is 4.79 Å². The molecule has 3 aromatic rings. The van der Waals surface area contributed by atoms with E-state index in [2.05, 4.69) is 58.5 Å². The van der Waals surface area contributed by atoms with Gasteiger partial charge in [-0.25, -0.2) is 0 Å². The van der Waals surface area contributed by atoms with E-state index < -0.39 is 0 Å². The number of amides is 1. The van der Waals surface area contributed by atoms with Crippen LogP contribution in [0.25, 0.3) is 0 Å². The Balaban J connectivity index is 1.38. The molecule has 1 saturated heterocycles. The van der Waals surface area contributed by atoms with Crippen molar-refractivity contribution >= 4 is 22.9 Å². The van der Waals surface area contributed by atoms with Crippen molar-refractivity contribution in [1.29, 1.82) is 0 Å². The SMILES string of the molecule is COc1ccc(CN(CC(=O)N2CCN(c3ccc(OC)cc3)CC2)C(C)Cc2cccs2)cc1. The third kappa shape index (κ3) is 6.77. The Morgan fingerprint density at radius 2 is 1.57 bits per heavy atom. The third-order valence-electron chi connectivity index (χ3n) is 6.65. The summed E-state index contributed by atoms with van der Waals surface area (Å²) in [7, 11) is 3.36. The van der Waals surface area contributed by atoms with Crippen LogP contribution in [0.15, 0.2) is 66.0 Å². The van der Waals surface area contributed by atoms with Crippen molar-refractivity contribution in [2.45, 2.75) is 25.9 Å². The molecule has 7 heteroatoms. The molecule has 0 N–H and O–H groups in total. The number of hydrogen-bond donors (Lipinski definition) is 0. The summed E-state index contributed by atoms with van der Waals surface area (Å²) in [5.41, 5.74) is 2.35. The fourth-order valence-electron chi connectivity index (χ4n) is 4.46. The first-order chi connectivity index (χ1) is 17.1. The smallest absolute Gasteiger partial charge is 0.236 e. The highest BCUT2D eigenvalue weighted by atomic mass is 32.1. The molecule has 4 rings (SSSR count). The monoisotopic (exact) mass is 493 g/mol. The standard InChI is InChI=1S/C28H35N3O3S/c1-22(19-27-5-4-18-35-27)31(20-23-6-10-25(33-2)11-7-23)21-28(32)30-16-14-29(15-17-30)24-8-12-26(34-3)13-9-24/h4-13,18,22H,14-17,19-21H2,1-3H3. The normalized spacial score (nSPS) is 14.7. The molecule has 186 valence electrons. The van der Waals surface area contributed by atoms with Crippen LogP contribution in [0.2, 0.25) is 0 Å². The van der Waals surface area contributed by atoms with E-state index in [1.165, 1.54) is 16.1 Å². The van der Waals surface area contributed by atoms with Gasteiger partial charge in [0.25, 0.3) is 0 Å². The van der Waals surface area contributed by atoms with Crippen LogP contribution >= 0.6 is 11.3 Å². The molecule has 1 fully saturated rings. The fourth-order valence-corrected chi connectivity index (χ4v) is 5.29. The molecule has 1 atom stereocenters. The van der Waals surface area contributed by atoms with Crippen LogP contribution in [0.5, 0.6) is 11.5 Å². The maximum atomic E-state index is 13.4. The lowest BCUT2D eigenvalue weighted by molar-refractivity contribution is -0.133. The summed E-state index contributed by atoms with van der Waals surface area (Å²) in [6.07, 6.45) is 0.937. The van der Waals surface area contributed by atoms with Crippen molar-refractivity contribution in [2.75, 3.05) is 51.8 Å². The van der Waals surface area contributed by atoms with E-state index in [0.29, 0.717) is 6.54 Å². The number of thiophene rings is 1. The number of carbonyl (C=O) groups excluding carboxylic acids is 1. The minimum Gasteiger partial charge on any atom is -0.497 e. The van der Waals surface area contributed by atoms with E-state index >= 15 is 0 Å². The maximum Gasteiger partial charge on any atom is 0.236 e. The fraction of sp³-hybridized carbons (Fsp3) is 0.393. The van der Waals surface area contributed by atoms with Gasteiger partial charge >= 0.3 is 0 Å². The Labute approximate surface area is 212 Å². The van der Waals surface area contributed by atoms with Gasteiger partial charge in [-0.3, -0.25) is 9.69 Å². The Kier molecular flexibility index (Phi) is 8.66. The molecule has 2 heterocycles. The number of nitrogens with zero attached hydrogens (tertiary/aromatic N) is 3. The van der Waals surface area contributed by atoms with Crippen LogP contribution in [-0.4, -0.2) is 68.7 Å². The molecule has 2 aromatic carbocycles. The number of hydrogen-bond acceptors (Lipinski definition) is 6. The van der Waals surface area contributed by atoms with Gasteiger partial charge in [-0.1, -0.05) is 18.2 Å². The van der Waals surface area contributed by atoms with Crippen molar-refractivity contribution in [3.63, 3.8) is 0 Å². The van der Waals surface area contributed by atoms with Crippen LogP contribution in [-0.2, 0) is 17.8 Å². The van der Waals surface area contributed by atoms with Gasteiger partial charge in [-0.05, 0) is 66.8 Å². The first-order valence-electron chi connectivity index (χ1n) is 12.1. The zero-order valence-corrected chi connectivity index (χ0v) is 21.7.